The summed E-state index contributed by atoms with van der Waals surface area (Å²) >= 11 is 1.68. The molecule has 150 valence electrons. The molecule has 1 atom stereocenters. The first-order valence-electron chi connectivity index (χ1n) is 9.62. The second kappa shape index (κ2) is 9.34. The lowest BCUT2D eigenvalue weighted by molar-refractivity contribution is 0.0597. The number of hydrogen-bond donors (Lipinski definition) is 0. The molecule has 2 aromatic rings. The maximum absolute atomic E-state index is 12.3. The average Bonchev–Trinajstić information content (AvgIpc) is 2.86. The minimum atomic E-state index is -0.388. The van der Waals surface area contributed by atoms with Crippen LogP contribution in [0.1, 0.15) is 36.5 Å². The first-order chi connectivity index (χ1) is 13.6. The molecule has 0 radical (unpaired) electrons. The van der Waals surface area contributed by atoms with Crippen molar-refractivity contribution in [3.05, 3.63) is 48.0 Å². The van der Waals surface area contributed by atoms with E-state index in [0.717, 1.165) is 29.2 Å². The summed E-state index contributed by atoms with van der Waals surface area (Å²) in [6.45, 7) is 3.10. The predicted molar refractivity (Wildman–Crippen MR) is 115 cm³/mol. The Kier molecular flexibility index (Phi) is 6.86. The molecule has 0 fully saturated rings. The molecule has 5 nitrogen and oxygen atoms in total. The van der Waals surface area contributed by atoms with Crippen LogP contribution in [-0.2, 0) is 4.74 Å². The number of anilines is 2. The van der Waals surface area contributed by atoms with Crippen LogP contribution in [0.15, 0.2) is 47.4 Å². The Labute approximate surface area is 171 Å². The van der Waals surface area contributed by atoms with E-state index >= 15 is 0 Å². The third kappa shape index (κ3) is 4.28. The Morgan fingerprint density at radius 2 is 1.96 bits per heavy atom. The number of ether oxygens (including phenoxy) is 2. The molecule has 0 saturated heterocycles. The van der Waals surface area contributed by atoms with Gasteiger partial charge in [0.15, 0.2) is 0 Å². The van der Waals surface area contributed by atoms with Crippen molar-refractivity contribution < 1.29 is 14.3 Å². The minimum absolute atomic E-state index is 0.388. The second-order valence-corrected chi connectivity index (χ2v) is 8.09. The maximum atomic E-state index is 12.3. The summed E-state index contributed by atoms with van der Waals surface area (Å²) in [6.07, 6.45) is 3.48. The Balaban J connectivity index is 2.11. The molecule has 1 aliphatic heterocycles. The van der Waals surface area contributed by atoms with Gasteiger partial charge in [-0.25, -0.2) is 9.10 Å². The normalized spacial score (nSPS) is 17.0. The molecule has 3 rings (SSSR count). The molecular formula is C22H28N2O3S. The number of esters is 1. The van der Waals surface area contributed by atoms with E-state index in [1.807, 2.05) is 18.2 Å². The van der Waals surface area contributed by atoms with Crippen LogP contribution in [0, 0.1) is 0 Å². The van der Waals surface area contributed by atoms with Gasteiger partial charge in [-0.05, 0) is 43.6 Å². The summed E-state index contributed by atoms with van der Waals surface area (Å²) < 4.78 is 12.8. The van der Waals surface area contributed by atoms with Gasteiger partial charge < -0.3 is 14.4 Å². The number of fused-ring (bicyclic) bond motifs is 1. The Morgan fingerprint density at radius 1 is 1.21 bits per heavy atom. The smallest absolute Gasteiger partial charge is 0.341 e. The number of rotatable bonds is 6. The third-order valence-corrected chi connectivity index (χ3v) is 6.20. The van der Waals surface area contributed by atoms with E-state index in [9.17, 15) is 4.79 Å². The number of benzene rings is 2. The van der Waals surface area contributed by atoms with Crippen molar-refractivity contribution in [1.82, 2.24) is 4.31 Å². The highest BCUT2D eigenvalue weighted by atomic mass is 32.2. The van der Waals surface area contributed by atoms with Gasteiger partial charge in [0, 0.05) is 29.2 Å². The molecule has 6 heteroatoms. The van der Waals surface area contributed by atoms with E-state index in [2.05, 4.69) is 47.4 Å². The second-order valence-electron chi connectivity index (χ2n) is 6.89. The highest BCUT2D eigenvalue weighted by Gasteiger charge is 2.29. The van der Waals surface area contributed by atoms with Crippen molar-refractivity contribution in [2.45, 2.75) is 37.1 Å². The zero-order valence-electron chi connectivity index (χ0n) is 17.0. The van der Waals surface area contributed by atoms with Crippen molar-refractivity contribution in [2.75, 3.05) is 32.7 Å². The zero-order chi connectivity index (χ0) is 20.1. The number of para-hydroxylation sites is 1. The van der Waals surface area contributed by atoms with Gasteiger partial charge in [-0.2, -0.15) is 0 Å². The minimum Gasteiger partial charge on any atom is -0.496 e. The number of likely N-dealkylation sites (N-methyl/N-ethyl adjacent to an activating group) is 1. The molecule has 28 heavy (non-hydrogen) atoms. The monoisotopic (exact) mass is 400 g/mol. The van der Waals surface area contributed by atoms with E-state index in [1.165, 1.54) is 20.0 Å². The van der Waals surface area contributed by atoms with Crippen LogP contribution >= 0.6 is 11.9 Å². The van der Waals surface area contributed by atoms with Crippen LogP contribution in [-0.4, -0.2) is 44.1 Å². The van der Waals surface area contributed by atoms with Crippen LogP contribution in [0.2, 0.25) is 0 Å². The lowest BCUT2D eigenvalue weighted by Crippen LogP contribution is -2.35. The van der Waals surface area contributed by atoms with Crippen LogP contribution in [0.25, 0.3) is 0 Å². The van der Waals surface area contributed by atoms with Crippen LogP contribution in [0.5, 0.6) is 5.75 Å². The fourth-order valence-electron chi connectivity index (χ4n) is 3.49. The third-order valence-electron chi connectivity index (χ3n) is 5.09. The maximum Gasteiger partial charge on any atom is 0.341 e. The summed E-state index contributed by atoms with van der Waals surface area (Å²) in [7, 11) is 5.11. The fraction of sp³-hybridized carbons (Fsp3) is 0.409. The summed E-state index contributed by atoms with van der Waals surface area (Å²) in [5, 5.41) is 0. The highest BCUT2D eigenvalue weighted by Crippen LogP contribution is 2.44. The summed E-state index contributed by atoms with van der Waals surface area (Å²) in [5.74, 6) is 0.141. The molecule has 1 aliphatic rings. The van der Waals surface area contributed by atoms with Gasteiger partial charge in [0.2, 0.25) is 0 Å². The summed E-state index contributed by atoms with van der Waals surface area (Å²) in [5.41, 5.74) is 2.63. The van der Waals surface area contributed by atoms with Gasteiger partial charge in [0.1, 0.15) is 11.3 Å². The van der Waals surface area contributed by atoms with Crippen molar-refractivity contribution >= 4 is 29.3 Å². The van der Waals surface area contributed by atoms with Crippen molar-refractivity contribution in [1.29, 1.82) is 0 Å². The topological polar surface area (TPSA) is 42.0 Å². The van der Waals surface area contributed by atoms with E-state index in [-0.39, 0.29) is 5.97 Å². The Hall–Kier alpha value is -2.18. The number of carbonyl (C=O) groups excluding carboxylic acids is 1. The molecule has 0 aliphatic carbocycles. The number of methoxy groups -OCH3 is 2. The predicted octanol–water partition coefficient (Wildman–Crippen LogP) is 5.13. The van der Waals surface area contributed by atoms with Gasteiger partial charge in [-0.1, -0.05) is 38.0 Å². The molecule has 0 spiro atoms. The fourth-order valence-corrected chi connectivity index (χ4v) is 4.56. The van der Waals surface area contributed by atoms with E-state index in [1.54, 1.807) is 19.1 Å². The standard InChI is InChI=1S/C22H28N2O3S/c1-5-6-10-17-15-24(16-11-8-7-9-12-16)19-14-20(26-3)18(22(25)27-4)13-21(19)28-23(17)2/h7-9,11-14,17H,5-6,10,15H2,1-4H3. The average molecular weight is 401 g/mol. The number of carbonyl (C=O) groups is 1. The number of unbranched alkanes of at least 4 members (excludes halogenated alkanes) is 1. The SMILES string of the molecule is CCCCC1CN(c2ccccc2)c2cc(OC)c(C(=O)OC)cc2SN1C. The zero-order valence-corrected chi connectivity index (χ0v) is 17.8. The highest BCUT2D eigenvalue weighted by molar-refractivity contribution is 7.97. The molecule has 0 aromatic heterocycles. The van der Waals surface area contributed by atoms with Crippen LogP contribution in [0.4, 0.5) is 11.4 Å². The molecule has 2 aromatic carbocycles. The first-order valence-corrected chi connectivity index (χ1v) is 10.4. The lowest BCUT2D eigenvalue weighted by atomic mass is 10.1. The Bertz CT molecular complexity index is 813. The molecule has 0 bridgehead atoms. The molecule has 0 saturated carbocycles. The van der Waals surface area contributed by atoms with Gasteiger partial charge in [0.25, 0.3) is 0 Å². The molecule has 0 N–H and O–H groups in total. The van der Waals surface area contributed by atoms with Gasteiger partial charge >= 0.3 is 5.97 Å². The lowest BCUT2D eigenvalue weighted by Gasteiger charge is -2.30. The van der Waals surface area contributed by atoms with Crippen molar-refractivity contribution in [2.24, 2.45) is 0 Å². The molecule has 1 heterocycles. The van der Waals surface area contributed by atoms with Gasteiger partial charge in [-0.15, -0.1) is 0 Å². The molecular weight excluding hydrogens is 372 g/mol. The van der Waals surface area contributed by atoms with Gasteiger partial charge in [0.05, 0.1) is 19.9 Å². The quantitative estimate of drug-likeness (QED) is 0.495. The van der Waals surface area contributed by atoms with Crippen LogP contribution < -0.4 is 9.64 Å². The van der Waals surface area contributed by atoms with E-state index in [4.69, 9.17) is 9.47 Å². The van der Waals surface area contributed by atoms with E-state index < -0.39 is 0 Å². The van der Waals surface area contributed by atoms with E-state index in [0.29, 0.717) is 17.4 Å². The van der Waals surface area contributed by atoms with Crippen molar-refractivity contribution in [3.63, 3.8) is 0 Å². The Morgan fingerprint density at radius 3 is 2.61 bits per heavy atom. The van der Waals surface area contributed by atoms with Crippen molar-refractivity contribution in [3.8, 4) is 5.75 Å². The number of nitrogens with zero attached hydrogens (tertiary/aromatic N) is 2. The molecule has 1 unspecified atom stereocenters. The summed E-state index contributed by atoms with van der Waals surface area (Å²) in [6, 6.07) is 14.6. The van der Waals surface area contributed by atoms with Gasteiger partial charge in [-0.3, -0.25) is 0 Å². The number of hydrogen-bond acceptors (Lipinski definition) is 6. The molecule has 0 amide bonds. The van der Waals surface area contributed by atoms with Crippen LogP contribution in [0.3, 0.4) is 0 Å². The first kappa shape index (κ1) is 20.6. The summed E-state index contributed by atoms with van der Waals surface area (Å²) in [4.78, 5) is 15.6. The largest absolute Gasteiger partial charge is 0.496 e.